The molecule has 0 fully saturated rings. The lowest BCUT2D eigenvalue weighted by molar-refractivity contribution is -0.124. The largest absolute Gasteiger partial charge is 0.370 e. The third-order valence-electron chi connectivity index (χ3n) is 3.18. The van der Waals surface area contributed by atoms with Crippen LogP contribution in [0, 0.1) is 0 Å². The first-order chi connectivity index (χ1) is 9.31. The summed E-state index contributed by atoms with van der Waals surface area (Å²) >= 11 is 0. The maximum Gasteiger partial charge on any atom is 0.149 e. The normalized spacial score (nSPS) is 13.9. The summed E-state index contributed by atoms with van der Waals surface area (Å²) < 4.78 is 5.35. The van der Waals surface area contributed by atoms with Crippen LogP contribution in [0.15, 0.2) is 42.5 Å². The minimum atomic E-state index is -0.728. The molecule has 0 saturated heterocycles. The Kier molecular flexibility index (Phi) is 4.42. The number of hydrogen-bond acceptors (Lipinski definition) is 3. The van der Waals surface area contributed by atoms with Gasteiger partial charge in [0.05, 0.1) is 5.92 Å². The van der Waals surface area contributed by atoms with Gasteiger partial charge in [0.15, 0.2) is 0 Å². The standard InChI is InChI=1S/C16H16O3/c1-2-19-16(11-18)15(10-17)14-9-5-7-12-6-3-4-8-13(12)14/h3-11,15-16H,2H2,1H3. The summed E-state index contributed by atoms with van der Waals surface area (Å²) in [7, 11) is 0. The summed E-state index contributed by atoms with van der Waals surface area (Å²) in [5, 5.41) is 2.03. The van der Waals surface area contributed by atoms with Crippen LogP contribution in [0.25, 0.3) is 10.8 Å². The molecule has 3 heteroatoms. The highest BCUT2D eigenvalue weighted by Gasteiger charge is 2.24. The first kappa shape index (κ1) is 13.4. The predicted molar refractivity (Wildman–Crippen MR) is 74.2 cm³/mol. The second-order valence-electron chi connectivity index (χ2n) is 4.29. The van der Waals surface area contributed by atoms with Crippen molar-refractivity contribution in [3.05, 3.63) is 48.0 Å². The quantitative estimate of drug-likeness (QED) is 0.746. The fourth-order valence-electron chi connectivity index (χ4n) is 2.29. The lowest BCUT2D eigenvalue weighted by Gasteiger charge is -2.19. The van der Waals surface area contributed by atoms with Gasteiger partial charge in [0.25, 0.3) is 0 Å². The fraction of sp³-hybridized carbons (Fsp3) is 0.250. The van der Waals surface area contributed by atoms with Gasteiger partial charge in [0.1, 0.15) is 18.7 Å². The SMILES string of the molecule is CCOC(C=O)C(C=O)c1cccc2ccccc12. The maximum absolute atomic E-state index is 11.4. The highest BCUT2D eigenvalue weighted by molar-refractivity contribution is 5.89. The molecule has 0 heterocycles. The van der Waals surface area contributed by atoms with Crippen molar-refractivity contribution in [3.8, 4) is 0 Å². The third-order valence-corrected chi connectivity index (χ3v) is 3.18. The van der Waals surface area contributed by atoms with Crippen LogP contribution in [0.3, 0.4) is 0 Å². The molecular formula is C16H16O3. The summed E-state index contributed by atoms with van der Waals surface area (Å²) in [6, 6.07) is 13.6. The number of carbonyl (C=O) groups is 2. The minimum absolute atomic E-state index is 0.401. The highest BCUT2D eigenvalue weighted by Crippen LogP contribution is 2.27. The van der Waals surface area contributed by atoms with Gasteiger partial charge >= 0.3 is 0 Å². The Hall–Kier alpha value is -2.00. The van der Waals surface area contributed by atoms with Crippen molar-refractivity contribution < 1.29 is 14.3 Å². The van der Waals surface area contributed by atoms with Crippen molar-refractivity contribution in [1.29, 1.82) is 0 Å². The smallest absolute Gasteiger partial charge is 0.149 e. The van der Waals surface area contributed by atoms with Gasteiger partial charge in [-0.25, -0.2) is 0 Å². The molecule has 98 valence electrons. The average Bonchev–Trinajstić information content (AvgIpc) is 2.47. The predicted octanol–water partition coefficient (Wildman–Crippen LogP) is 2.73. The Morgan fingerprint density at radius 2 is 1.79 bits per heavy atom. The molecule has 0 bridgehead atoms. The zero-order chi connectivity index (χ0) is 13.7. The van der Waals surface area contributed by atoms with Crippen LogP contribution in [0.5, 0.6) is 0 Å². The second kappa shape index (κ2) is 6.25. The molecule has 0 aliphatic heterocycles. The number of aldehydes is 2. The molecule has 0 radical (unpaired) electrons. The van der Waals surface area contributed by atoms with E-state index in [1.807, 2.05) is 49.4 Å². The molecule has 0 amide bonds. The molecule has 0 spiro atoms. The van der Waals surface area contributed by atoms with Crippen LogP contribution in [-0.4, -0.2) is 25.3 Å². The van der Waals surface area contributed by atoms with Gasteiger partial charge in [-0.1, -0.05) is 42.5 Å². The van der Waals surface area contributed by atoms with Crippen molar-refractivity contribution in [2.75, 3.05) is 6.61 Å². The molecule has 2 aromatic carbocycles. The van der Waals surface area contributed by atoms with Gasteiger partial charge in [-0.2, -0.15) is 0 Å². The second-order valence-corrected chi connectivity index (χ2v) is 4.29. The van der Waals surface area contributed by atoms with Crippen LogP contribution in [-0.2, 0) is 14.3 Å². The van der Waals surface area contributed by atoms with Gasteiger partial charge in [0.2, 0.25) is 0 Å². The van der Waals surface area contributed by atoms with E-state index >= 15 is 0 Å². The van der Waals surface area contributed by atoms with E-state index in [0.29, 0.717) is 12.9 Å². The van der Waals surface area contributed by atoms with E-state index < -0.39 is 12.0 Å². The zero-order valence-electron chi connectivity index (χ0n) is 10.8. The highest BCUT2D eigenvalue weighted by atomic mass is 16.5. The molecule has 2 aromatic rings. The summed E-state index contributed by atoms with van der Waals surface area (Å²) in [6.07, 6.45) is 0.759. The molecule has 2 unspecified atom stereocenters. The Balaban J connectivity index is 2.51. The van der Waals surface area contributed by atoms with Crippen molar-refractivity contribution >= 4 is 23.3 Å². The Bertz CT molecular complexity index is 572. The number of rotatable bonds is 6. The molecule has 0 aliphatic rings. The molecule has 0 saturated carbocycles. The summed E-state index contributed by atoms with van der Waals surface area (Å²) in [5.74, 6) is -0.566. The Morgan fingerprint density at radius 3 is 2.47 bits per heavy atom. The monoisotopic (exact) mass is 256 g/mol. The van der Waals surface area contributed by atoms with Gasteiger partial charge in [-0.05, 0) is 23.3 Å². The van der Waals surface area contributed by atoms with E-state index in [4.69, 9.17) is 4.74 Å². The van der Waals surface area contributed by atoms with E-state index in [2.05, 4.69) is 0 Å². The van der Waals surface area contributed by atoms with Crippen LogP contribution in [0.2, 0.25) is 0 Å². The van der Waals surface area contributed by atoms with Crippen LogP contribution in [0.1, 0.15) is 18.4 Å². The number of ether oxygens (including phenoxy) is 1. The molecule has 2 atom stereocenters. The molecule has 0 N–H and O–H groups in total. The lowest BCUT2D eigenvalue weighted by atomic mass is 9.91. The first-order valence-corrected chi connectivity index (χ1v) is 6.31. The van der Waals surface area contributed by atoms with E-state index in [0.717, 1.165) is 22.6 Å². The summed E-state index contributed by atoms with van der Waals surface area (Å²) in [5.41, 5.74) is 0.832. The van der Waals surface area contributed by atoms with Crippen molar-refractivity contribution in [1.82, 2.24) is 0 Å². The van der Waals surface area contributed by atoms with Gasteiger partial charge < -0.3 is 14.3 Å². The first-order valence-electron chi connectivity index (χ1n) is 6.31. The fourth-order valence-corrected chi connectivity index (χ4v) is 2.29. The minimum Gasteiger partial charge on any atom is -0.370 e. The number of fused-ring (bicyclic) bond motifs is 1. The van der Waals surface area contributed by atoms with Crippen molar-refractivity contribution in [2.45, 2.75) is 18.9 Å². The zero-order valence-corrected chi connectivity index (χ0v) is 10.8. The molecular weight excluding hydrogens is 240 g/mol. The Morgan fingerprint density at radius 1 is 1.05 bits per heavy atom. The molecule has 2 rings (SSSR count). The van der Waals surface area contributed by atoms with Gasteiger partial charge in [-0.15, -0.1) is 0 Å². The average molecular weight is 256 g/mol. The molecule has 0 aromatic heterocycles. The lowest BCUT2D eigenvalue weighted by Crippen LogP contribution is -2.25. The van der Waals surface area contributed by atoms with Crippen LogP contribution in [0.4, 0.5) is 0 Å². The van der Waals surface area contributed by atoms with E-state index in [9.17, 15) is 9.59 Å². The van der Waals surface area contributed by atoms with Crippen molar-refractivity contribution in [3.63, 3.8) is 0 Å². The van der Waals surface area contributed by atoms with Crippen molar-refractivity contribution in [2.24, 2.45) is 0 Å². The Labute approximate surface area is 112 Å². The number of carbonyl (C=O) groups excluding carboxylic acids is 2. The van der Waals surface area contributed by atoms with Crippen LogP contribution < -0.4 is 0 Å². The van der Waals surface area contributed by atoms with E-state index in [-0.39, 0.29) is 0 Å². The number of benzene rings is 2. The molecule has 19 heavy (non-hydrogen) atoms. The van der Waals surface area contributed by atoms with E-state index in [1.165, 1.54) is 0 Å². The molecule has 3 nitrogen and oxygen atoms in total. The van der Waals surface area contributed by atoms with Gasteiger partial charge in [0, 0.05) is 6.61 Å². The van der Waals surface area contributed by atoms with E-state index in [1.54, 1.807) is 0 Å². The maximum atomic E-state index is 11.4. The third kappa shape index (κ3) is 2.71. The topological polar surface area (TPSA) is 43.4 Å². The summed E-state index contributed by atoms with van der Waals surface area (Å²) in [6.45, 7) is 2.21. The molecule has 0 aliphatic carbocycles. The summed E-state index contributed by atoms with van der Waals surface area (Å²) in [4.78, 5) is 22.5. The van der Waals surface area contributed by atoms with Gasteiger partial charge in [-0.3, -0.25) is 0 Å². The number of hydrogen-bond donors (Lipinski definition) is 0. The van der Waals surface area contributed by atoms with Crippen LogP contribution >= 0.6 is 0 Å².